The molecule has 0 saturated heterocycles. The molecule has 3 aromatic rings. The molecular formula is C14H8Cl2F2N2. The van der Waals surface area contributed by atoms with Crippen molar-refractivity contribution in [3.63, 3.8) is 0 Å². The zero-order valence-electron chi connectivity index (χ0n) is 10.1. The number of aromatic amines is 1. The van der Waals surface area contributed by atoms with E-state index in [0.29, 0.717) is 27.4 Å². The number of fused-ring (bicyclic) bond motifs is 1. The Kier molecular flexibility index (Phi) is 3.36. The number of imidazole rings is 1. The van der Waals surface area contributed by atoms with Gasteiger partial charge in [-0.15, -0.1) is 0 Å². The summed E-state index contributed by atoms with van der Waals surface area (Å²) in [5.41, 5.74) is 1.53. The van der Waals surface area contributed by atoms with Crippen molar-refractivity contribution in [2.75, 3.05) is 0 Å². The minimum atomic E-state index is -0.521. The maximum atomic E-state index is 13.7. The standard InChI is InChI=1S/C14H8Cl2F2N2/c15-8-2-1-7(10(17)4-8)3-14-19-12-5-9(16)11(18)6-13(12)20-14/h1-2,4-6H,3H2,(H,19,20). The smallest absolute Gasteiger partial charge is 0.144 e. The molecule has 20 heavy (non-hydrogen) atoms. The molecule has 0 unspecified atom stereocenters. The van der Waals surface area contributed by atoms with Gasteiger partial charge in [0.2, 0.25) is 0 Å². The van der Waals surface area contributed by atoms with Gasteiger partial charge >= 0.3 is 0 Å². The van der Waals surface area contributed by atoms with Crippen molar-refractivity contribution >= 4 is 34.2 Å². The van der Waals surface area contributed by atoms with E-state index in [1.54, 1.807) is 12.1 Å². The van der Waals surface area contributed by atoms with Crippen molar-refractivity contribution in [3.8, 4) is 0 Å². The number of halogens is 4. The topological polar surface area (TPSA) is 28.7 Å². The van der Waals surface area contributed by atoms with Gasteiger partial charge in [-0.1, -0.05) is 29.3 Å². The van der Waals surface area contributed by atoms with E-state index in [9.17, 15) is 8.78 Å². The first kappa shape index (κ1) is 13.3. The molecule has 0 saturated carbocycles. The Balaban J connectivity index is 1.98. The number of H-pyrrole nitrogens is 1. The minimum Gasteiger partial charge on any atom is -0.342 e. The predicted octanol–water partition coefficient (Wildman–Crippen LogP) is 4.74. The van der Waals surface area contributed by atoms with Crippen molar-refractivity contribution in [2.45, 2.75) is 6.42 Å². The highest BCUT2D eigenvalue weighted by Gasteiger charge is 2.10. The molecule has 1 aromatic heterocycles. The van der Waals surface area contributed by atoms with Crippen LogP contribution in [0, 0.1) is 11.6 Å². The number of hydrogen-bond acceptors (Lipinski definition) is 1. The van der Waals surface area contributed by atoms with Gasteiger partial charge in [-0.3, -0.25) is 0 Å². The lowest BCUT2D eigenvalue weighted by Gasteiger charge is -2.00. The second-order valence-corrected chi connectivity index (χ2v) is 5.22. The molecule has 0 amide bonds. The summed E-state index contributed by atoms with van der Waals surface area (Å²) in [4.78, 5) is 7.21. The van der Waals surface area contributed by atoms with E-state index in [2.05, 4.69) is 9.97 Å². The highest BCUT2D eigenvalue weighted by Crippen LogP contribution is 2.23. The Morgan fingerprint density at radius 1 is 1.05 bits per heavy atom. The van der Waals surface area contributed by atoms with Crippen molar-refractivity contribution in [3.05, 3.63) is 63.4 Å². The van der Waals surface area contributed by atoms with Crippen LogP contribution >= 0.6 is 23.2 Å². The summed E-state index contributed by atoms with van der Waals surface area (Å²) >= 11 is 11.4. The Labute approximate surface area is 123 Å². The van der Waals surface area contributed by atoms with E-state index < -0.39 is 11.6 Å². The molecule has 0 bridgehead atoms. The van der Waals surface area contributed by atoms with Gasteiger partial charge in [-0.05, 0) is 23.8 Å². The molecule has 6 heteroatoms. The second kappa shape index (κ2) is 5.04. The fraction of sp³-hybridized carbons (Fsp3) is 0.0714. The molecule has 2 nitrogen and oxygen atoms in total. The van der Waals surface area contributed by atoms with Crippen LogP contribution in [0.5, 0.6) is 0 Å². The number of nitrogens with zero attached hydrogens (tertiary/aromatic N) is 1. The quantitative estimate of drug-likeness (QED) is 0.727. The third-order valence-electron chi connectivity index (χ3n) is 2.95. The Morgan fingerprint density at radius 3 is 2.60 bits per heavy atom. The van der Waals surface area contributed by atoms with E-state index in [1.807, 2.05) is 0 Å². The van der Waals surface area contributed by atoms with Crippen LogP contribution in [-0.4, -0.2) is 9.97 Å². The van der Waals surface area contributed by atoms with Crippen LogP contribution in [0.3, 0.4) is 0 Å². The first-order valence-corrected chi connectivity index (χ1v) is 6.56. The molecular weight excluding hydrogens is 305 g/mol. The second-order valence-electron chi connectivity index (χ2n) is 4.38. The molecule has 0 fully saturated rings. The number of nitrogens with one attached hydrogen (secondary N) is 1. The molecule has 0 aliphatic carbocycles. The van der Waals surface area contributed by atoms with Gasteiger partial charge in [0.05, 0.1) is 16.1 Å². The largest absolute Gasteiger partial charge is 0.342 e. The van der Waals surface area contributed by atoms with Gasteiger partial charge in [-0.25, -0.2) is 13.8 Å². The van der Waals surface area contributed by atoms with Gasteiger partial charge in [0.1, 0.15) is 17.5 Å². The zero-order valence-corrected chi connectivity index (χ0v) is 11.6. The molecule has 1 N–H and O–H groups in total. The van der Waals surface area contributed by atoms with Gasteiger partial charge in [0.25, 0.3) is 0 Å². The average molecular weight is 313 g/mol. The third kappa shape index (κ3) is 2.49. The lowest BCUT2D eigenvalue weighted by atomic mass is 10.1. The number of rotatable bonds is 2. The Bertz CT molecular complexity index is 760. The van der Waals surface area contributed by atoms with Crippen LogP contribution in [0.15, 0.2) is 30.3 Å². The summed E-state index contributed by atoms with van der Waals surface area (Å²) < 4.78 is 27.1. The molecule has 1 heterocycles. The Hall–Kier alpha value is -1.65. The molecule has 0 aliphatic heterocycles. The number of aromatic nitrogens is 2. The monoisotopic (exact) mass is 312 g/mol. The summed E-state index contributed by atoms with van der Waals surface area (Å²) in [6.07, 6.45) is 0.261. The highest BCUT2D eigenvalue weighted by molar-refractivity contribution is 6.31. The normalized spacial score (nSPS) is 11.2. The maximum absolute atomic E-state index is 13.7. The summed E-state index contributed by atoms with van der Waals surface area (Å²) in [6.45, 7) is 0. The molecule has 0 spiro atoms. The van der Waals surface area contributed by atoms with Gasteiger partial charge < -0.3 is 4.98 Å². The minimum absolute atomic E-state index is 0.00761. The first-order chi connectivity index (χ1) is 9.52. The van der Waals surface area contributed by atoms with Crippen LogP contribution in [0.25, 0.3) is 11.0 Å². The van der Waals surface area contributed by atoms with E-state index >= 15 is 0 Å². The molecule has 3 rings (SSSR count). The summed E-state index contributed by atoms with van der Waals surface area (Å²) in [7, 11) is 0. The van der Waals surface area contributed by atoms with E-state index in [-0.39, 0.29) is 11.4 Å². The van der Waals surface area contributed by atoms with Crippen molar-refractivity contribution < 1.29 is 8.78 Å². The highest BCUT2D eigenvalue weighted by atomic mass is 35.5. The third-order valence-corrected chi connectivity index (χ3v) is 3.47. The first-order valence-electron chi connectivity index (χ1n) is 5.80. The fourth-order valence-electron chi connectivity index (χ4n) is 1.99. The lowest BCUT2D eigenvalue weighted by molar-refractivity contribution is 0.612. The Morgan fingerprint density at radius 2 is 1.85 bits per heavy atom. The number of hydrogen-bond donors (Lipinski definition) is 1. The summed E-state index contributed by atoms with van der Waals surface area (Å²) in [6, 6.07) is 7.16. The molecule has 0 aliphatic rings. The van der Waals surface area contributed by atoms with E-state index in [0.717, 1.165) is 0 Å². The SMILES string of the molecule is Fc1cc2[nH]c(Cc3ccc(Cl)cc3F)nc2cc1Cl. The molecule has 0 atom stereocenters. The zero-order chi connectivity index (χ0) is 14.3. The summed E-state index contributed by atoms with van der Waals surface area (Å²) in [5, 5.41) is 0.345. The van der Waals surface area contributed by atoms with Crippen molar-refractivity contribution in [1.29, 1.82) is 0 Å². The molecule has 0 radical (unpaired) electrons. The van der Waals surface area contributed by atoms with Crippen LogP contribution in [0.4, 0.5) is 8.78 Å². The van der Waals surface area contributed by atoms with Gasteiger partial charge in [0.15, 0.2) is 0 Å². The van der Waals surface area contributed by atoms with E-state index in [4.69, 9.17) is 23.2 Å². The lowest BCUT2D eigenvalue weighted by Crippen LogP contribution is -1.94. The molecule has 102 valence electrons. The van der Waals surface area contributed by atoms with Gasteiger partial charge in [0, 0.05) is 17.5 Å². The van der Waals surface area contributed by atoms with Gasteiger partial charge in [-0.2, -0.15) is 0 Å². The van der Waals surface area contributed by atoms with E-state index in [1.165, 1.54) is 18.2 Å². The van der Waals surface area contributed by atoms with Crippen LogP contribution < -0.4 is 0 Å². The molecule has 2 aromatic carbocycles. The average Bonchev–Trinajstić information content (AvgIpc) is 2.75. The van der Waals surface area contributed by atoms with Crippen molar-refractivity contribution in [2.24, 2.45) is 0 Å². The van der Waals surface area contributed by atoms with Crippen LogP contribution in [-0.2, 0) is 6.42 Å². The maximum Gasteiger partial charge on any atom is 0.144 e. The fourth-order valence-corrected chi connectivity index (χ4v) is 2.30. The predicted molar refractivity (Wildman–Crippen MR) is 75.3 cm³/mol. The van der Waals surface area contributed by atoms with Crippen LogP contribution in [0.2, 0.25) is 10.0 Å². The number of benzene rings is 2. The van der Waals surface area contributed by atoms with Crippen LogP contribution in [0.1, 0.15) is 11.4 Å². The summed E-state index contributed by atoms with van der Waals surface area (Å²) in [5.74, 6) is -0.392. The van der Waals surface area contributed by atoms with Crippen molar-refractivity contribution in [1.82, 2.24) is 9.97 Å².